The van der Waals surface area contributed by atoms with Gasteiger partial charge in [-0.1, -0.05) is 6.92 Å². The Kier molecular flexibility index (Phi) is 6.63. The summed E-state index contributed by atoms with van der Waals surface area (Å²) in [6, 6.07) is 1.44. The van der Waals surface area contributed by atoms with Crippen LogP contribution in [0.15, 0.2) is 46.8 Å². The van der Waals surface area contributed by atoms with Crippen molar-refractivity contribution in [3.8, 4) is 5.88 Å². The van der Waals surface area contributed by atoms with Crippen LogP contribution in [0.25, 0.3) is 5.70 Å². The molecule has 0 aromatic carbocycles. The summed E-state index contributed by atoms with van der Waals surface area (Å²) in [5.74, 6) is -0.434. The minimum absolute atomic E-state index is 0.0660. The number of dihydropyridines is 1. The van der Waals surface area contributed by atoms with Crippen LogP contribution in [0.3, 0.4) is 0 Å². The molecule has 38 heavy (non-hydrogen) atoms. The number of allylic oxidation sites excluding steroid dienone is 2. The third-order valence-corrected chi connectivity index (χ3v) is 8.55. The molecule has 1 saturated heterocycles. The standard InChI is InChI=1S/C24H29F3N6O4S/c1-7-30-38(35,36)18-9-15(10-28-20(18)37-6)17-8-14(2)19-21(34)33(22(3,4)23(19,5)31-17)16-11-29-32(12-16)13-24(25,26)27/h8-12,30-31H,7,13H2,1-6H3. The average Bonchev–Trinajstić information content (AvgIpc) is 3.29. The topological polar surface area (TPSA) is 118 Å². The summed E-state index contributed by atoms with van der Waals surface area (Å²) in [5.41, 5.74) is 0.284. The summed E-state index contributed by atoms with van der Waals surface area (Å²) in [7, 11) is -2.58. The number of hydrogen-bond acceptors (Lipinski definition) is 7. The second-order valence-electron chi connectivity index (χ2n) is 9.81. The van der Waals surface area contributed by atoms with Gasteiger partial charge in [-0.3, -0.25) is 14.4 Å². The highest BCUT2D eigenvalue weighted by Crippen LogP contribution is 2.49. The molecule has 1 atom stereocenters. The molecule has 0 saturated carbocycles. The summed E-state index contributed by atoms with van der Waals surface area (Å²) in [6.45, 7) is 7.73. The van der Waals surface area contributed by atoms with Crippen molar-refractivity contribution >= 4 is 27.3 Å². The van der Waals surface area contributed by atoms with E-state index < -0.39 is 33.8 Å². The minimum Gasteiger partial charge on any atom is -0.480 e. The molecule has 2 aliphatic rings. The number of anilines is 1. The normalized spacial score (nSPS) is 21.3. The van der Waals surface area contributed by atoms with Gasteiger partial charge in [0.2, 0.25) is 15.9 Å². The van der Waals surface area contributed by atoms with Crippen molar-refractivity contribution < 1.29 is 31.1 Å². The number of pyridine rings is 1. The van der Waals surface area contributed by atoms with Crippen molar-refractivity contribution in [2.75, 3.05) is 18.6 Å². The van der Waals surface area contributed by atoms with Crippen molar-refractivity contribution in [1.82, 2.24) is 24.8 Å². The van der Waals surface area contributed by atoms with Crippen LogP contribution in [0.5, 0.6) is 5.88 Å². The number of ether oxygens (including phenoxy) is 1. The monoisotopic (exact) mass is 554 g/mol. The highest BCUT2D eigenvalue weighted by molar-refractivity contribution is 7.89. The highest BCUT2D eigenvalue weighted by Gasteiger charge is 2.61. The van der Waals surface area contributed by atoms with E-state index in [1.54, 1.807) is 33.8 Å². The fourth-order valence-corrected chi connectivity index (χ4v) is 6.19. The molecule has 4 rings (SSSR count). The number of hydrogen-bond donors (Lipinski definition) is 2. The van der Waals surface area contributed by atoms with Crippen LogP contribution in [0.2, 0.25) is 0 Å². The summed E-state index contributed by atoms with van der Waals surface area (Å²) >= 11 is 0. The largest absolute Gasteiger partial charge is 0.480 e. The number of methoxy groups -OCH3 is 1. The molecule has 0 radical (unpaired) electrons. The number of rotatable bonds is 7. The smallest absolute Gasteiger partial charge is 0.408 e. The van der Waals surface area contributed by atoms with Crippen LogP contribution in [-0.2, 0) is 21.4 Å². The molecule has 4 heterocycles. The van der Waals surface area contributed by atoms with Gasteiger partial charge in [-0.25, -0.2) is 18.1 Å². The van der Waals surface area contributed by atoms with E-state index >= 15 is 0 Å². The number of carbonyl (C=O) groups excluding carboxylic acids is 1. The zero-order chi connectivity index (χ0) is 28.3. The second kappa shape index (κ2) is 9.12. The van der Waals surface area contributed by atoms with Crippen molar-refractivity contribution in [3.05, 3.63) is 47.4 Å². The molecule has 2 N–H and O–H groups in total. The first-order valence-corrected chi connectivity index (χ1v) is 13.2. The van der Waals surface area contributed by atoms with E-state index in [1.165, 1.54) is 36.7 Å². The maximum Gasteiger partial charge on any atom is 0.408 e. The number of amides is 1. The summed E-state index contributed by atoms with van der Waals surface area (Å²) in [5, 5.41) is 7.19. The fourth-order valence-electron chi connectivity index (χ4n) is 5.01. The average molecular weight is 555 g/mol. The Morgan fingerprint density at radius 1 is 1.21 bits per heavy atom. The zero-order valence-corrected chi connectivity index (χ0v) is 22.6. The summed E-state index contributed by atoms with van der Waals surface area (Å²) < 4.78 is 72.6. The van der Waals surface area contributed by atoms with Crippen molar-refractivity contribution in [2.24, 2.45) is 0 Å². The highest BCUT2D eigenvalue weighted by atomic mass is 32.2. The minimum atomic E-state index is -4.46. The fraction of sp³-hybridized carbons (Fsp3) is 0.458. The molecule has 2 aromatic rings. The first kappa shape index (κ1) is 27.6. The predicted molar refractivity (Wildman–Crippen MR) is 134 cm³/mol. The van der Waals surface area contributed by atoms with Gasteiger partial charge in [0.1, 0.15) is 11.4 Å². The van der Waals surface area contributed by atoms with Crippen LogP contribution in [0.4, 0.5) is 18.9 Å². The molecule has 2 aromatic heterocycles. The summed E-state index contributed by atoms with van der Waals surface area (Å²) in [4.78, 5) is 19.1. The lowest BCUT2D eigenvalue weighted by Gasteiger charge is -2.45. The molecular weight excluding hydrogens is 525 g/mol. The van der Waals surface area contributed by atoms with E-state index in [4.69, 9.17) is 4.74 Å². The Morgan fingerprint density at radius 3 is 2.50 bits per heavy atom. The first-order chi connectivity index (χ1) is 17.6. The number of aromatic nitrogens is 3. The Balaban J connectivity index is 1.76. The Hall–Kier alpha value is -3.39. The van der Waals surface area contributed by atoms with Crippen LogP contribution in [0, 0.1) is 0 Å². The predicted octanol–water partition coefficient (Wildman–Crippen LogP) is 2.99. The van der Waals surface area contributed by atoms with E-state index in [2.05, 4.69) is 20.1 Å². The number of fused-ring (bicyclic) bond motifs is 1. The number of sulfonamides is 1. The molecule has 1 unspecified atom stereocenters. The van der Waals surface area contributed by atoms with Gasteiger partial charge in [0, 0.05) is 35.8 Å². The number of halogens is 3. The van der Waals surface area contributed by atoms with Gasteiger partial charge in [-0.05, 0) is 45.4 Å². The van der Waals surface area contributed by atoms with Gasteiger partial charge in [0.25, 0.3) is 5.91 Å². The molecule has 10 nitrogen and oxygen atoms in total. The maximum absolute atomic E-state index is 13.7. The van der Waals surface area contributed by atoms with E-state index in [-0.39, 0.29) is 28.9 Å². The van der Waals surface area contributed by atoms with E-state index in [0.29, 0.717) is 22.4 Å². The second-order valence-corrected chi connectivity index (χ2v) is 11.5. The SMILES string of the molecule is CCNS(=O)(=O)c1cc(C2=CC(C)=C3C(=O)N(c4cnn(CC(F)(F)F)c4)C(C)(C)C3(C)N2)cnc1OC. The van der Waals surface area contributed by atoms with Crippen molar-refractivity contribution in [2.45, 2.75) is 63.3 Å². The molecule has 1 amide bonds. The molecule has 0 bridgehead atoms. The molecule has 0 aliphatic carbocycles. The van der Waals surface area contributed by atoms with Gasteiger partial charge in [-0.2, -0.15) is 18.3 Å². The van der Waals surface area contributed by atoms with Crippen LogP contribution >= 0.6 is 0 Å². The number of alkyl halides is 3. The number of nitrogens with zero attached hydrogens (tertiary/aromatic N) is 4. The van der Waals surface area contributed by atoms with Crippen LogP contribution in [0.1, 0.15) is 40.2 Å². The van der Waals surface area contributed by atoms with Gasteiger partial charge in [0.05, 0.1) is 30.1 Å². The summed E-state index contributed by atoms with van der Waals surface area (Å²) in [6.07, 6.45) is 1.16. The van der Waals surface area contributed by atoms with Crippen LogP contribution < -0.4 is 19.7 Å². The number of carbonyl (C=O) groups is 1. The lowest BCUT2D eigenvalue weighted by molar-refractivity contribution is -0.142. The molecule has 14 heteroatoms. The molecular formula is C24H29F3N6O4S. The Bertz CT molecular complexity index is 1460. The van der Waals surface area contributed by atoms with Crippen molar-refractivity contribution in [1.29, 1.82) is 0 Å². The van der Waals surface area contributed by atoms with Crippen molar-refractivity contribution in [3.63, 3.8) is 0 Å². The lowest BCUT2D eigenvalue weighted by Crippen LogP contribution is -2.60. The van der Waals surface area contributed by atoms with Crippen LogP contribution in [-0.4, -0.2) is 60.0 Å². The van der Waals surface area contributed by atoms with Gasteiger partial charge in [-0.15, -0.1) is 0 Å². The molecule has 0 spiro atoms. The molecule has 206 valence electrons. The lowest BCUT2D eigenvalue weighted by atomic mass is 9.75. The van der Waals surface area contributed by atoms with E-state index in [9.17, 15) is 26.4 Å². The molecule has 2 aliphatic heterocycles. The zero-order valence-electron chi connectivity index (χ0n) is 21.8. The van der Waals surface area contributed by atoms with Gasteiger partial charge < -0.3 is 10.1 Å². The first-order valence-electron chi connectivity index (χ1n) is 11.7. The number of nitrogens with one attached hydrogen (secondary N) is 2. The van der Waals surface area contributed by atoms with E-state index in [0.717, 1.165) is 4.68 Å². The molecule has 1 fully saturated rings. The third kappa shape index (κ3) is 4.45. The maximum atomic E-state index is 13.7. The third-order valence-electron chi connectivity index (χ3n) is 7.01. The Labute approximate surface area is 218 Å². The van der Waals surface area contributed by atoms with E-state index in [1.807, 2.05) is 6.92 Å². The Morgan fingerprint density at radius 2 is 1.89 bits per heavy atom. The van der Waals surface area contributed by atoms with Gasteiger partial charge >= 0.3 is 6.18 Å². The van der Waals surface area contributed by atoms with Gasteiger partial charge in [0.15, 0.2) is 0 Å². The quantitative estimate of drug-likeness (QED) is 0.540.